The number of hydrogen-bond acceptors (Lipinski definition) is 7. The van der Waals surface area contributed by atoms with E-state index in [-0.39, 0.29) is 11.5 Å². The molecule has 3 aromatic rings. The average Bonchev–Trinajstić information content (AvgIpc) is 3.17. The predicted molar refractivity (Wildman–Crippen MR) is 106 cm³/mol. The standard InChI is InChI=1S/C19H18FN5O2S/c20-17-4-2-1-3-16(17)18-6-5-15(28-18)13-23-7-9-24(10-8-23)19-21-11-14(12-22-19)25(26)27/h1-6,11-12H,7-10,13H2. The Morgan fingerprint density at radius 1 is 1.07 bits per heavy atom. The van der Waals surface area contributed by atoms with Crippen LogP contribution in [0.25, 0.3) is 10.4 Å². The molecule has 0 bridgehead atoms. The molecule has 0 atom stereocenters. The quantitative estimate of drug-likeness (QED) is 0.482. The molecule has 0 radical (unpaired) electrons. The lowest BCUT2D eigenvalue weighted by Crippen LogP contribution is -2.46. The van der Waals surface area contributed by atoms with E-state index >= 15 is 0 Å². The van der Waals surface area contributed by atoms with E-state index in [0.717, 1.165) is 37.6 Å². The minimum absolute atomic E-state index is 0.106. The molecule has 9 heteroatoms. The van der Waals surface area contributed by atoms with E-state index in [9.17, 15) is 14.5 Å². The lowest BCUT2D eigenvalue weighted by atomic mass is 10.2. The molecule has 1 aromatic carbocycles. The molecule has 0 amide bonds. The summed E-state index contributed by atoms with van der Waals surface area (Å²) in [7, 11) is 0. The summed E-state index contributed by atoms with van der Waals surface area (Å²) in [6.07, 6.45) is 2.48. The predicted octanol–water partition coefficient (Wildman–Crippen LogP) is 3.57. The number of benzene rings is 1. The topological polar surface area (TPSA) is 75.4 Å². The molecule has 1 saturated heterocycles. The highest BCUT2D eigenvalue weighted by Gasteiger charge is 2.20. The van der Waals surface area contributed by atoms with Crippen LogP contribution in [0.1, 0.15) is 4.88 Å². The molecule has 0 N–H and O–H groups in total. The molecule has 3 heterocycles. The van der Waals surface area contributed by atoms with Crippen molar-refractivity contribution in [2.24, 2.45) is 0 Å². The van der Waals surface area contributed by atoms with Crippen LogP contribution in [0.4, 0.5) is 16.0 Å². The fraction of sp³-hybridized carbons (Fsp3) is 0.263. The Labute approximate surface area is 165 Å². The van der Waals surface area contributed by atoms with Gasteiger partial charge in [0.15, 0.2) is 0 Å². The summed E-state index contributed by atoms with van der Waals surface area (Å²) in [5.74, 6) is 0.316. The highest BCUT2D eigenvalue weighted by Crippen LogP contribution is 2.30. The molecule has 0 spiro atoms. The molecule has 1 aliphatic heterocycles. The second kappa shape index (κ2) is 7.99. The Hall–Kier alpha value is -2.91. The van der Waals surface area contributed by atoms with Gasteiger partial charge in [-0.1, -0.05) is 18.2 Å². The minimum atomic E-state index is -0.502. The van der Waals surface area contributed by atoms with Gasteiger partial charge in [-0.3, -0.25) is 15.0 Å². The summed E-state index contributed by atoms with van der Waals surface area (Å²) in [4.78, 5) is 24.9. The van der Waals surface area contributed by atoms with Crippen LogP contribution in [0.5, 0.6) is 0 Å². The molecule has 0 aliphatic carbocycles. The van der Waals surface area contributed by atoms with Gasteiger partial charge < -0.3 is 4.90 Å². The molecule has 7 nitrogen and oxygen atoms in total. The number of piperazine rings is 1. The zero-order valence-electron chi connectivity index (χ0n) is 15.0. The molecular weight excluding hydrogens is 381 g/mol. The van der Waals surface area contributed by atoms with Gasteiger partial charge in [0.25, 0.3) is 0 Å². The van der Waals surface area contributed by atoms with Crippen LogP contribution >= 0.6 is 11.3 Å². The summed E-state index contributed by atoms with van der Waals surface area (Å²) >= 11 is 1.61. The van der Waals surface area contributed by atoms with Gasteiger partial charge >= 0.3 is 5.69 Å². The zero-order chi connectivity index (χ0) is 19.5. The van der Waals surface area contributed by atoms with Crippen LogP contribution in [0.15, 0.2) is 48.8 Å². The van der Waals surface area contributed by atoms with Gasteiger partial charge in [0.1, 0.15) is 18.2 Å². The van der Waals surface area contributed by atoms with Crippen LogP contribution in [0, 0.1) is 15.9 Å². The molecule has 0 unspecified atom stereocenters. The molecular formula is C19H18FN5O2S. The van der Waals surface area contributed by atoms with Crippen LogP contribution in [0.2, 0.25) is 0 Å². The normalized spacial score (nSPS) is 15.0. The Morgan fingerprint density at radius 2 is 1.79 bits per heavy atom. The first-order valence-electron chi connectivity index (χ1n) is 8.87. The van der Waals surface area contributed by atoms with Crippen LogP contribution < -0.4 is 4.90 Å². The van der Waals surface area contributed by atoms with Gasteiger partial charge in [0.05, 0.1) is 4.92 Å². The van der Waals surface area contributed by atoms with E-state index in [0.29, 0.717) is 11.5 Å². The highest BCUT2D eigenvalue weighted by atomic mass is 32.1. The van der Waals surface area contributed by atoms with E-state index < -0.39 is 4.92 Å². The van der Waals surface area contributed by atoms with Crippen molar-refractivity contribution in [3.63, 3.8) is 0 Å². The van der Waals surface area contributed by atoms with E-state index in [2.05, 4.69) is 20.9 Å². The fourth-order valence-corrected chi connectivity index (χ4v) is 4.24. The Morgan fingerprint density at radius 3 is 2.46 bits per heavy atom. The van der Waals surface area contributed by atoms with E-state index in [1.807, 2.05) is 17.0 Å². The van der Waals surface area contributed by atoms with Crippen molar-refractivity contribution in [1.82, 2.24) is 14.9 Å². The molecule has 28 heavy (non-hydrogen) atoms. The van der Waals surface area contributed by atoms with Crippen molar-refractivity contribution in [3.05, 3.63) is 69.6 Å². The number of anilines is 1. The van der Waals surface area contributed by atoms with Gasteiger partial charge in [-0.25, -0.2) is 14.4 Å². The third-order valence-corrected chi connectivity index (χ3v) is 5.77. The Bertz CT molecular complexity index is 970. The zero-order valence-corrected chi connectivity index (χ0v) is 15.8. The summed E-state index contributed by atoms with van der Waals surface area (Å²) in [6.45, 7) is 4.00. The van der Waals surface area contributed by atoms with Crippen molar-refractivity contribution >= 4 is 23.0 Å². The highest BCUT2D eigenvalue weighted by molar-refractivity contribution is 7.15. The second-order valence-electron chi connectivity index (χ2n) is 6.51. The van der Waals surface area contributed by atoms with Gasteiger partial charge in [-0.15, -0.1) is 11.3 Å². The number of nitrogens with zero attached hydrogens (tertiary/aromatic N) is 5. The van der Waals surface area contributed by atoms with Crippen molar-refractivity contribution in [2.45, 2.75) is 6.54 Å². The number of thiophene rings is 1. The van der Waals surface area contributed by atoms with Crippen molar-refractivity contribution in [3.8, 4) is 10.4 Å². The third-order valence-electron chi connectivity index (χ3n) is 4.67. The smallest absolute Gasteiger partial charge is 0.305 e. The largest absolute Gasteiger partial charge is 0.338 e. The number of aromatic nitrogens is 2. The monoisotopic (exact) mass is 399 g/mol. The molecule has 4 rings (SSSR count). The van der Waals surface area contributed by atoms with Gasteiger partial charge in [0.2, 0.25) is 5.95 Å². The molecule has 1 fully saturated rings. The summed E-state index contributed by atoms with van der Waals surface area (Å²) < 4.78 is 14.0. The number of rotatable bonds is 5. The SMILES string of the molecule is O=[N+]([O-])c1cnc(N2CCN(Cc3ccc(-c4ccccc4F)s3)CC2)nc1. The first-order chi connectivity index (χ1) is 13.6. The summed E-state index contributed by atoms with van der Waals surface area (Å²) in [5.41, 5.74) is 0.532. The fourth-order valence-electron chi connectivity index (χ4n) is 3.17. The molecule has 144 valence electrons. The van der Waals surface area contributed by atoms with E-state index in [4.69, 9.17) is 0 Å². The Balaban J connectivity index is 1.35. The molecule has 0 saturated carbocycles. The number of nitro groups is 1. The lowest BCUT2D eigenvalue weighted by Gasteiger charge is -2.34. The van der Waals surface area contributed by atoms with E-state index in [1.165, 1.54) is 23.3 Å². The van der Waals surface area contributed by atoms with Gasteiger partial charge in [-0.2, -0.15) is 0 Å². The maximum Gasteiger partial charge on any atom is 0.305 e. The second-order valence-corrected chi connectivity index (χ2v) is 7.68. The average molecular weight is 399 g/mol. The van der Waals surface area contributed by atoms with Gasteiger partial charge in [0, 0.05) is 48.0 Å². The first-order valence-corrected chi connectivity index (χ1v) is 9.69. The van der Waals surface area contributed by atoms with Crippen LogP contribution in [-0.2, 0) is 6.54 Å². The maximum atomic E-state index is 14.0. The number of halogens is 1. The number of hydrogen-bond donors (Lipinski definition) is 0. The molecule has 2 aromatic heterocycles. The van der Waals surface area contributed by atoms with Crippen LogP contribution in [-0.4, -0.2) is 46.0 Å². The van der Waals surface area contributed by atoms with Gasteiger partial charge in [-0.05, 0) is 18.2 Å². The Kier molecular flexibility index (Phi) is 5.27. The van der Waals surface area contributed by atoms with Crippen molar-refractivity contribution < 1.29 is 9.31 Å². The summed E-state index contributed by atoms with van der Waals surface area (Å²) in [6, 6.07) is 10.8. The van der Waals surface area contributed by atoms with Crippen LogP contribution in [0.3, 0.4) is 0 Å². The lowest BCUT2D eigenvalue weighted by molar-refractivity contribution is -0.385. The summed E-state index contributed by atoms with van der Waals surface area (Å²) in [5, 5.41) is 10.7. The molecule has 1 aliphatic rings. The minimum Gasteiger partial charge on any atom is -0.338 e. The van der Waals surface area contributed by atoms with Crippen molar-refractivity contribution in [1.29, 1.82) is 0 Å². The van der Waals surface area contributed by atoms with Crippen molar-refractivity contribution in [2.75, 3.05) is 31.1 Å². The maximum absolute atomic E-state index is 14.0. The first kappa shape index (κ1) is 18.5. The third kappa shape index (κ3) is 4.00. The van der Waals surface area contributed by atoms with E-state index in [1.54, 1.807) is 23.5 Å².